The van der Waals surface area contributed by atoms with E-state index in [9.17, 15) is 4.79 Å². The maximum absolute atomic E-state index is 12.5. The average molecular weight is 324 g/mol. The van der Waals surface area contributed by atoms with Gasteiger partial charge in [0.1, 0.15) is 5.01 Å². The molecule has 0 bridgehead atoms. The van der Waals surface area contributed by atoms with E-state index in [0.717, 1.165) is 43.3 Å². The van der Waals surface area contributed by atoms with E-state index < -0.39 is 0 Å². The van der Waals surface area contributed by atoms with Crippen molar-refractivity contribution in [3.05, 3.63) is 15.6 Å². The Labute approximate surface area is 138 Å². The Morgan fingerprint density at radius 2 is 2.09 bits per heavy atom. The molecular weight excluding hydrogens is 294 g/mol. The van der Waals surface area contributed by atoms with Crippen LogP contribution in [0.3, 0.4) is 0 Å². The highest BCUT2D eigenvalue weighted by molar-refractivity contribution is 7.11. The van der Waals surface area contributed by atoms with Gasteiger partial charge in [0.05, 0.1) is 12.1 Å². The van der Waals surface area contributed by atoms with Crippen molar-refractivity contribution in [2.24, 2.45) is 0 Å². The molecule has 2 heterocycles. The fraction of sp³-hybridized carbons (Fsp3) is 0.765. The van der Waals surface area contributed by atoms with Crippen molar-refractivity contribution >= 4 is 17.2 Å². The summed E-state index contributed by atoms with van der Waals surface area (Å²) < 4.78 is 0. The van der Waals surface area contributed by atoms with Crippen LogP contribution in [0.25, 0.3) is 0 Å². The number of rotatable bonds is 6. The Morgan fingerprint density at radius 3 is 2.64 bits per heavy atom. The molecular formula is C17H29N3OS. The van der Waals surface area contributed by atoms with Crippen molar-refractivity contribution in [2.45, 2.75) is 59.4 Å². The van der Waals surface area contributed by atoms with E-state index in [1.807, 2.05) is 4.90 Å². The molecule has 1 saturated heterocycles. The smallest absolute Gasteiger partial charge is 0.229 e. The molecule has 1 aliphatic heterocycles. The van der Waals surface area contributed by atoms with E-state index in [1.165, 1.54) is 4.88 Å². The number of carbonyl (C=O) groups excluding carboxylic acids is 1. The van der Waals surface area contributed by atoms with Crippen molar-refractivity contribution in [1.29, 1.82) is 0 Å². The first kappa shape index (κ1) is 17.4. The highest BCUT2D eigenvalue weighted by Crippen LogP contribution is 2.25. The van der Waals surface area contributed by atoms with E-state index in [-0.39, 0.29) is 5.91 Å². The Kier molecular flexibility index (Phi) is 5.98. The van der Waals surface area contributed by atoms with Crippen LogP contribution in [0, 0.1) is 6.92 Å². The number of carbonyl (C=O) groups is 1. The van der Waals surface area contributed by atoms with E-state index in [1.54, 1.807) is 11.3 Å². The van der Waals surface area contributed by atoms with Gasteiger partial charge in [-0.05, 0) is 32.4 Å². The van der Waals surface area contributed by atoms with Crippen LogP contribution in [0.2, 0.25) is 0 Å². The van der Waals surface area contributed by atoms with Crippen molar-refractivity contribution in [1.82, 2.24) is 14.8 Å². The van der Waals surface area contributed by atoms with Gasteiger partial charge in [-0.3, -0.25) is 9.69 Å². The Morgan fingerprint density at radius 1 is 1.41 bits per heavy atom. The second kappa shape index (κ2) is 7.55. The summed E-state index contributed by atoms with van der Waals surface area (Å²) >= 11 is 1.68. The normalized spacial score (nSPS) is 18.7. The number of aryl methyl sites for hydroxylation is 1. The Bertz CT molecular complexity index is 508. The zero-order chi connectivity index (χ0) is 16.3. The van der Waals surface area contributed by atoms with Gasteiger partial charge < -0.3 is 4.90 Å². The molecule has 1 unspecified atom stereocenters. The molecule has 2 rings (SSSR count). The number of thiazole rings is 1. The summed E-state index contributed by atoms with van der Waals surface area (Å²) in [6, 6.07) is 0.531. The third-order valence-corrected chi connectivity index (χ3v) is 5.56. The van der Waals surface area contributed by atoms with Gasteiger partial charge in [0.2, 0.25) is 5.91 Å². The van der Waals surface area contributed by atoms with Gasteiger partial charge in [-0.25, -0.2) is 4.98 Å². The lowest BCUT2D eigenvalue weighted by Crippen LogP contribution is -2.39. The molecule has 0 saturated carbocycles. The molecule has 0 N–H and O–H groups in total. The highest BCUT2D eigenvalue weighted by atomic mass is 32.1. The Balaban J connectivity index is 1.94. The van der Waals surface area contributed by atoms with Gasteiger partial charge in [-0.1, -0.05) is 27.7 Å². The van der Waals surface area contributed by atoms with Gasteiger partial charge in [0, 0.05) is 24.0 Å². The number of aromatic nitrogens is 1. The largest absolute Gasteiger partial charge is 0.341 e. The van der Waals surface area contributed by atoms with Crippen molar-refractivity contribution in [3.63, 3.8) is 0 Å². The van der Waals surface area contributed by atoms with Gasteiger partial charge in [-0.2, -0.15) is 0 Å². The third-order valence-electron chi connectivity index (χ3n) is 4.57. The molecule has 1 aromatic rings. The summed E-state index contributed by atoms with van der Waals surface area (Å²) in [4.78, 5) is 22.9. The molecule has 1 fully saturated rings. The summed E-state index contributed by atoms with van der Waals surface area (Å²) in [5.74, 6) is 0.664. The van der Waals surface area contributed by atoms with Crippen LogP contribution in [-0.4, -0.2) is 52.9 Å². The molecule has 1 aromatic heterocycles. The van der Waals surface area contributed by atoms with Crippen LogP contribution >= 0.6 is 11.3 Å². The molecule has 1 aliphatic rings. The molecule has 0 radical (unpaired) electrons. The fourth-order valence-corrected chi connectivity index (χ4v) is 4.40. The second-order valence-corrected chi connectivity index (χ2v) is 7.67. The van der Waals surface area contributed by atoms with Crippen molar-refractivity contribution in [2.75, 3.05) is 26.2 Å². The van der Waals surface area contributed by atoms with Crippen LogP contribution in [-0.2, 0) is 11.2 Å². The number of likely N-dealkylation sites (N-methyl/N-ethyl adjacent to an activating group) is 1. The highest BCUT2D eigenvalue weighted by Gasteiger charge is 2.29. The lowest BCUT2D eigenvalue weighted by atomic mass is 10.1. The summed E-state index contributed by atoms with van der Waals surface area (Å²) in [7, 11) is 0. The predicted octanol–water partition coefficient (Wildman–Crippen LogP) is 3.06. The van der Waals surface area contributed by atoms with E-state index in [0.29, 0.717) is 18.4 Å². The topological polar surface area (TPSA) is 36.4 Å². The third kappa shape index (κ3) is 3.87. The van der Waals surface area contributed by atoms with Crippen molar-refractivity contribution in [3.8, 4) is 0 Å². The minimum Gasteiger partial charge on any atom is -0.341 e. The molecule has 1 atom stereocenters. The van der Waals surface area contributed by atoms with Crippen LogP contribution < -0.4 is 0 Å². The second-order valence-electron chi connectivity index (χ2n) is 6.38. The summed E-state index contributed by atoms with van der Waals surface area (Å²) in [6.45, 7) is 14.7. The van der Waals surface area contributed by atoms with E-state index in [4.69, 9.17) is 0 Å². The summed E-state index contributed by atoms with van der Waals surface area (Å²) in [5.41, 5.74) is 1.15. The Hall–Kier alpha value is -0.940. The van der Waals surface area contributed by atoms with Crippen LogP contribution in [0.4, 0.5) is 0 Å². The number of hydrogen-bond acceptors (Lipinski definition) is 4. The minimum atomic E-state index is 0.235. The number of hydrogen-bond donors (Lipinski definition) is 0. The molecule has 1 amide bonds. The van der Waals surface area contributed by atoms with Crippen LogP contribution in [0.5, 0.6) is 0 Å². The summed E-state index contributed by atoms with van der Waals surface area (Å²) in [5, 5.41) is 0.970. The minimum absolute atomic E-state index is 0.235. The summed E-state index contributed by atoms with van der Waals surface area (Å²) in [6.07, 6.45) is 1.56. The van der Waals surface area contributed by atoms with Crippen molar-refractivity contribution < 1.29 is 4.79 Å². The van der Waals surface area contributed by atoms with Gasteiger partial charge in [-0.15, -0.1) is 11.3 Å². The standard InChI is InChI=1S/C17H29N3OS/c1-6-19(7-2)14-8-9-20(11-14)16(21)10-15-18-17(12(3)4)13(5)22-15/h12,14H,6-11H2,1-5H3. The zero-order valence-electron chi connectivity index (χ0n) is 14.6. The maximum Gasteiger partial charge on any atom is 0.229 e. The number of nitrogens with zero attached hydrogens (tertiary/aromatic N) is 3. The number of amides is 1. The molecule has 0 aromatic carbocycles. The molecule has 5 heteroatoms. The maximum atomic E-state index is 12.5. The molecule has 124 valence electrons. The lowest BCUT2D eigenvalue weighted by molar-refractivity contribution is -0.129. The van der Waals surface area contributed by atoms with Crippen LogP contribution in [0.15, 0.2) is 0 Å². The SMILES string of the molecule is CCN(CC)C1CCN(C(=O)Cc2nc(C(C)C)c(C)s2)C1. The monoisotopic (exact) mass is 323 g/mol. The first-order valence-electron chi connectivity index (χ1n) is 8.44. The average Bonchev–Trinajstić information content (AvgIpc) is 3.07. The first-order chi connectivity index (χ1) is 10.5. The van der Waals surface area contributed by atoms with Gasteiger partial charge in [0.15, 0.2) is 0 Å². The molecule has 22 heavy (non-hydrogen) atoms. The molecule has 4 nitrogen and oxygen atoms in total. The predicted molar refractivity (Wildman–Crippen MR) is 92.6 cm³/mol. The van der Waals surface area contributed by atoms with E-state index >= 15 is 0 Å². The fourth-order valence-electron chi connectivity index (χ4n) is 3.32. The zero-order valence-corrected chi connectivity index (χ0v) is 15.4. The number of likely N-dealkylation sites (tertiary alicyclic amines) is 1. The lowest BCUT2D eigenvalue weighted by Gasteiger charge is -2.26. The van der Waals surface area contributed by atoms with E-state index in [2.05, 4.69) is 44.5 Å². The van der Waals surface area contributed by atoms with Gasteiger partial charge in [0.25, 0.3) is 0 Å². The molecule has 0 spiro atoms. The molecule has 0 aliphatic carbocycles. The quantitative estimate of drug-likeness (QED) is 0.807. The first-order valence-corrected chi connectivity index (χ1v) is 9.25. The van der Waals surface area contributed by atoms with Gasteiger partial charge >= 0.3 is 0 Å². The van der Waals surface area contributed by atoms with Crippen LogP contribution in [0.1, 0.15) is 55.6 Å².